The fourth-order valence-corrected chi connectivity index (χ4v) is 2.01. The molecule has 0 aromatic carbocycles. The van der Waals surface area contributed by atoms with Gasteiger partial charge in [0.25, 0.3) is 0 Å². The first kappa shape index (κ1) is 14.6. The summed E-state index contributed by atoms with van der Waals surface area (Å²) in [5.41, 5.74) is 0.633. The first-order chi connectivity index (χ1) is 9.33. The van der Waals surface area contributed by atoms with Gasteiger partial charge < -0.3 is 14.4 Å². The molecule has 1 atom stereocenters. The fraction of sp³-hybridized carbons (Fsp3) is 0.600. The van der Waals surface area contributed by atoms with Crippen molar-refractivity contribution in [2.45, 2.75) is 45.8 Å². The summed E-state index contributed by atoms with van der Waals surface area (Å²) in [4.78, 5) is 17.8. The van der Waals surface area contributed by atoms with Crippen LogP contribution in [0.5, 0.6) is 5.88 Å². The van der Waals surface area contributed by atoms with Gasteiger partial charge in [-0.05, 0) is 33.3 Å². The monoisotopic (exact) mass is 278 g/mol. The fourth-order valence-electron chi connectivity index (χ4n) is 2.01. The molecule has 0 N–H and O–H groups in total. The predicted molar refractivity (Wildman–Crippen MR) is 75.8 cm³/mol. The molecule has 1 saturated heterocycles. The molecule has 1 aliphatic rings. The minimum atomic E-state index is -0.464. The Bertz CT molecular complexity index is 465. The number of hydrogen-bond donors (Lipinski definition) is 0. The highest BCUT2D eigenvalue weighted by Gasteiger charge is 2.30. The van der Waals surface area contributed by atoms with Crippen molar-refractivity contribution in [3.63, 3.8) is 0 Å². The lowest BCUT2D eigenvalue weighted by Crippen LogP contribution is -2.36. The van der Waals surface area contributed by atoms with Crippen molar-refractivity contribution < 1.29 is 14.3 Å². The minimum Gasteiger partial charge on any atom is -0.472 e. The van der Waals surface area contributed by atoms with Crippen LogP contribution in [-0.4, -0.2) is 40.8 Å². The first-order valence-corrected chi connectivity index (χ1v) is 6.91. The van der Waals surface area contributed by atoms with Crippen LogP contribution in [0.1, 0.15) is 32.8 Å². The van der Waals surface area contributed by atoms with Gasteiger partial charge in [-0.1, -0.05) is 6.07 Å². The molecule has 110 valence electrons. The molecule has 2 rings (SSSR count). The number of carbonyl (C=O) groups excluding carboxylic acids is 1. The zero-order valence-corrected chi connectivity index (χ0v) is 12.5. The van der Waals surface area contributed by atoms with Crippen LogP contribution in [-0.2, 0) is 4.74 Å². The predicted octanol–water partition coefficient (Wildman–Crippen LogP) is 2.78. The zero-order chi connectivity index (χ0) is 14.8. The number of hydrogen-bond acceptors (Lipinski definition) is 4. The summed E-state index contributed by atoms with van der Waals surface area (Å²) >= 11 is 0. The van der Waals surface area contributed by atoms with Crippen LogP contribution >= 0.6 is 0 Å². The Hall–Kier alpha value is -1.78. The van der Waals surface area contributed by atoms with Gasteiger partial charge in [0.2, 0.25) is 5.88 Å². The minimum absolute atomic E-state index is 0.0160. The number of pyridine rings is 1. The Morgan fingerprint density at radius 3 is 2.75 bits per heavy atom. The Morgan fingerprint density at radius 1 is 1.40 bits per heavy atom. The lowest BCUT2D eigenvalue weighted by Gasteiger charge is -2.24. The summed E-state index contributed by atoms with van der Waals surface area (Å²) in [6.45, 7) is 8.79. The molecule has 0 bridgehead atoms. The highest BCUT2D eigenvalue weighted by Crippen LogP contribution is 2.19. The van der Waals surface area contributed by atoms with E-state index in [1.807, 2.05) is 39.8 Å². The second-order valence-electron chi connectivity index (χ2n) is 6.13. The van der Waals surface area contributed by atoms with Crippen molar-refractivity contribution in [3.8, 4) is 5.88 Å². The first-order valence-electron chi connectivity index (χ1n) is 6.91. The van der Waals surface area contributed by atoms with Crippen molar-refractivity contribution >= 4 is 6.09 Å². The molecule has 5 nitrogen and oxygen atoms in total. The van der Waals surface area contributed by atoms with Gasteiger partial charge in [-0.15, -0.1) is 0 Å². The zero-order valence-electron chi connectivity index (χ0n) is 12.5. The van der Waals surface area contributed by atoms with Crippen LogP contribution in [0.25, 0.3) is 0 Å². The Kier molecular flexibility index (Phi) is 4.16. The molecule has 1 aromatic rings. The van der Waals surface area contributed by atoms with E-state index in [1.165, 1.54) is 0 Å². The van der Waals surface area contributed by atoms with Crippen LogP contribution in [0, 0.1) is 6.92 Å². The third-order valence-corrected chi connectivity index (χ3v) is 2.97. The Balaban J connectivity index is 1.86. The quantitative estimate of drug-likeness (QED) is 0.834. The van der Waals surface area contributed by atoms with Gasteiger partial charge in [0.1, 0.15) is 11.7 Å². The lowest BCUT2D eigenvalue weighted by atomic mass is 10.2. The van der Waals surface area contributed by atoms with Gasteiger partial charge >= 0.3 is 6.09 Å². The molecule has 0 radical (unpaired) electrons. The van der Waals surface area contributed by atoms with E-state index in [2.05, 4.69) is 4.98 Å². The third kappa shape index (κ3) is 4.11. The van der Waals surface area contributed by atoms with Gasteiger partial charge in [-0.25, -0.2) is 9.78 Å². The molecule has 2 heterocycles. The normalized spacial score (nSPS) is 19.0. The maximum absolute atomic E-state index is 11.9. The highest BCUT2D eigenvalue weighted by molar-refractivity contribution is 5.68. The van der Waals surface area contributed by atoms with Crippen LogP contribution < -0.4 is 4.74 Å². The van der Waals surface area contributed by atoms with Gasteiger partial charge in [0, 0.05) is 25.2 Å². The maximum atomic E-state index is 11.9. The molecule has 1 aliphatic heterocycles. The molecule has 0 saturated carbocycles. The average Bonchev–Trinajstić information content (AvgIpc) is 2.79. The molecule has 1 unspecified atom stereocenters. The number of likely N-dealkylation sites (tertiary alicyclic amines) is 1. The van der Waals surface area contributed by atoms with E-state index < -0.39 is 5.60 Å². The van der Waals surface area contributed by atoms with Gasteiger partial charge in [-0.3, -0.25) is 0 Å². The molecular formula is C15H22N2O3. The summed E-state index contributed by atoms with van der Waals surface area (Å²) in [5, 5.41) is 0. The second kappa shape index (κ2) is 5.69. The average molecular weight is 278 g/mol. The second-order valence-corrected chi connectivity index (χ2v) is 6.13. The summed E-state index contributed by atoms with van der Waals surface area (Å²) in [6.07, 6.45) is 2.28. The number of nitrogens with zero attached hydrogens (tertiary/aromatic N) is 2. The number of carbonyl (C=O) groups is 1. The SMILES string of the molecule is Cc1ccc(OC2CCN(C(=O)OC(C)(C)C)C2)nc1. The van der Waals surface area contributed by atoms with Crippen LogP contribution in [0.15, 0.2) is 18.3 Å². The van der Waals surface area contributed by atoms with Crippen LogP contribution in [0.2, 0.25) is 0 Å². The van der Waals surface area contributed by atoms with Gasteiger partial charge in [0.05, 0.1) is 6.54 Å². The number of aryl methyl sites for hydroxylation is 1. The van der Waals surface area contributed by atoms with Gasteiger partial charge in [-0.2, -0.15) is 0 Å². The molecule has 1 amide bonds. The van der Waals surface area contributed by atoms with E-state index in [-0.39, 0.29) is 12.2 Å². The molecule has 5 heteroatoms. The smallest absolute Gasteiger partial charge is 0.410 e. The largest absolute Gasteiger partial charge is 0.472 e. The van der Waals surface area contributed by atoms with Crippen LogP contribution in [0.4, 0.5) is 4.79 Å². The molecule has 0 spiro atoms. The Morgan fingerprint density at radius 2 is 2.15 bits per heavy atom. The van der Waals surface area contributed by atoms with E-state index in [4.69, 9.17) is 9.47 Å². The highest BCUT2D eigenvalue weighted by atomic mass is 16.6. The number of amides is 1. The van der Waals surface area contributed by atoms with E-state index >= 15 is 0 Å². The standard InChI is InChI=1S/C15H22N2O3/c1-11-5-6-13(16-9-11)19-12-7-8-17(10-12)14(18)20-15(2,3)4/h5-6,9,12H,7-8,10H2,1-4H3. The molecule has 0 aliphatic carbocycles. The van der Waals surface area contributed by atoms with Crippen molar-refractivity contribution in [2.24, 2.45) is 0 Å². The third-order valence-electron chi connectivity index (χ3n) is 2.97. The maximum Gasteiger partial charge on any atom is 0.410 e. The van der Waals surface area contributed by atoms with Crippen molar-refractivity contribution in [2.75, 3.05) is 13.1 Å². The van der Waals surface area contributed by atoms with Gasteiger partial charge in [0.15, 0.2) is 0 Å². The molecular weight excluding hydrogens is 256 g/mol. The Labute approximate surface area is 119 Å². The summed E-state index contributed by atoms with van der Waals surface area (Å²) in [7, 11) is 0. The number of rotatable bonds is 2. The van der Waals surface area contributed by atoms with Crippen molar-refractivity contribution in [1.82, 2.24) is 9.88 Å². The summed E-state index contributed by atoms with van der Waals surface area (Å²) < 4.78 is 11.1. The molecule has 1 fully saturated rings. The molecule has 1 aromatic heterocycles. The van der Waals surface area contributed by atoms with E-state index in [0.717, 1.165) is 12.0 Å². The number of aromatic nitrogens is 1. The van der Waals surface area contributed by atoms with E-state index in [1.54, 1.807) is 11.1 Å². The van der Waals surface area contributed by atoms with Crippen molar-refractivity contribution in [1.29, 1.82) is 0 Å². The summed E-state index contributed by atoms with van der Waals surface area (Å²) in [5.74, 6) is 0.603. The molecule has 20 heavy (non-hydrogen) atoms. The van der Waals surface area contributed by atoms with E-state index in [9.17, 15) is 4.79 Å². The van der Waals surface area contributed by atoms with E-state index in [0.29, 0.717) is 19.0 Å². The lowest BCUT2D eigenvalue weighted by molar-refractivity contribution is 0.0275. The number of ether oxygens (including phenoxy) is 2. The van der Waals surface area contributed by atoms with Crippen LogP contribution in [0.3, 0.4) is 0 Å². The summed E-state index contributed by atoms with van der Waals surface area (Å²) in [6, 6.07) is 3.81. The topological polar surface area (TPSA) is 51.7 Å². The van der Waals surface area contributed by atoms with Crippen molar-refractivity contribution in [3.05, 3.63) is 23.9 Å².